The van der Waals surface area contributed by atoms with Gasteiger partial charge in [-0.1, -0.05) is 60.7 Å². The van der Waals surface area contributed by atoms with Gasteiger partial charge in [0.25, 0.3) is 0 Å². The fraction of sp³-hybridized carbons (Fsp3) is 0.333. The molecule has 0 saturated carbocycles. The molecule has 21 heavy (non-hydrogen) atoms. The van der Waals surface area contributed by atoms with E-state index < -0.39 is 0 Å². The fourth-order valence-electron chi connectivity index (χ4n) is 2.39. The number of hydrogen-bond donors (Lipinski definition) is 1. The molecule has 1 heterocycles. The molecular weight excluding hydrogens is 260 g/mol. The van der Waals surface area contributed by atoms with Gasteiger partial charge < -0.3 is 4.74 Å². The van der Waals surface area contributed by atoms with Crippen molar-refractivity contribution >= 4 is 0 Å². The molecule has 0 radical (unpaired) electrons. The molecule has 1 saturated heterocycles. The van der Waals surface area contributed by atoms with Crippen LogP contribution in [0, 0.1) is 0 Å². The van der Waals surface area contributed by atoms with Crippen molar-refractivity contribution in [3.05, 3.63) is 71.8 Å². The highest BCUT2D eigenvalue weighted by Crippen LogP contribution is 2.13. The van der Waals surface area contributed by atoms with Gasteiger partial charge in [0.05, 0.1) is 12.7 Å². The summed E-state index contributed by atoms with van der Waals surface area (Å²) in [6.45, 7) is 3.70. The predicted molar refractivity (Wildman–Crippen MR) is 84.5 cm³/mol. The average molecular weight is 282 g/mol. The molecule has 1 atom stereocenters. The van der Waals surface area contributed by atoms with Gasteiger partial charge >= 0.3 is 0 Å². The quantitative estimate of drug-likeness (QED) is 0.596. The van der Waals surface area contributed by atoms with E-state index in [1.807, 2.05) is 0 Å². The number of benzene rings is 2. The molecular formula is C18H22N2O. The lowest BCUT2D eigenvalue weighted by atomic mass is 10.2. The second-order valence-electron chi connectivity index (χ2n) is 5.48. The van der Waals surface area contributed by atoms with E-state index in [1.54, 1.807) is 0 Å². The summed E-state index contributed by atoms with van der Waals surface area (Å²) in [6.07, 6.45) is 1.56. The zero-order valence-electron chi connectivity index (χ0n) is 12.2. The van der Waals surface area contributed by atoms with E-state index in [4.69, 9.17) is 4.74 Å². The molecule has 0 unspecified atom stereocenters. The van der Waals surface area contributed by atoms with Crippen LogP contribution < -0.4 is 5.43 Å². The minimum absolute atomic E-state index is 0.479. The summed E-state index contributed by atoms with van der Waals surface area (Å²) in [7, 11) is 0. The maximum atomic E-state index is 5.27. The topological polar surface area (TPSA) is 27.8 Å². The third kappa shape index (κ3) is 4.97. The Hall–Kier alpha value is -1.68. The van der Waals surface area contributed by atoms with Crippen molar-refractivity contribution in [2.24, 2.45) is 0 Å². The molecule has 1 aliphatic rings. The van der Waals surface area contributed by atoms with Crippen molar-refractivity contribution in [2.75, 3.05) is 13.2 Å². The Morgan fingerprint density at radius 3 is 1.90 bits per heavy atom. The molecule has 0 amide bonds. The van der Waals surface area contributed by atoms with E-state index in [-0.39, 0.29) is 0 Å². The molecule has 1 aliphatic heterocycles. The normalized spacial score (nSPS) is 17.1. The monoisotopic (exact) mass is 282 g/mol. The van der Waals surface area contributed by atoms with E-state index in [2.05, 4.69) is 71.1 Å². The summed E-state index contributed by atoms with van der Waals surface area (Å²) >= 11 is 0. The van der Waals surface area contributed by atoms with Gasteiger partial charge in [0.1, 0.15) is 0 Å². The highest BCUT2D eigenvalue weighted by Gasteiger charge is 2.21. The molecule has 2 aromatic rings. The lowest BCUT2D eigenvalue weighted by molar-refractivity contribution is 0.165. The Bertz CT molecular complexity index is 484. The molecule has 110 valence electrons. The third-order valence-corrected chi connectivity index (χ3v) is 3.64. The second-order valence-corrected chi connectivity index (χ2v) is 5.48. The molecule has 0 aromatic heterocycles. The van der Waals surface area contributed by atoms with Crippen LogP contribution in [-0.2, 0) is 17.8 Å². The highest BCUT2D eigenvalue weighted by atomic mass is 16.6. The van der Waals surface area contributed by atoms with Gasteiger partial charge in [0.15, 0.2) is 0 Å². The first kappa shape index (κ1) is 14.3. The Kier molecular flexibility index (Phi) is 5.00. The number of ether oxygens (including phenoxy) is 1. The van der Waals surface area contributed by atoms with Gasteiger partial charge in [-0.25, -0.2) is 5.01 Å². The summed E-state index contributed by atoms with van der Waals surface area (Å²) in [5, 5.41) is 2.28. The van der Waals surface area contributed by atoms with E-state index >= 15 is 0 Å². The fourth-order valence-corrected chi connectivity index (χ4v) is 2.39. The minimum Gasteiger partial charge on any atom is -0.373 e. The van der Waals surface area contributed by atoms with Crippen molar-refractivity contribution in [1.29, 1.82) is 0 Å². The highest BCUT2D eigenvalue weighted by molar-refractivity contribution is 5.16. The number of hydrazine groups is 1. The van der Waals surface area contributed by atoms with Gasteiger partial charge in [-0.3, -0.25) is 5.43 Å². The molecule has 0 bridgehead atoms. The van der Waals surface area contributed by atoms with Crippen LogP contribution in [0.25, 0.3) is 0 Å². The second kappa shape index (κ2) is 7.36. The largest absolute Gasteiger partial charge is 0.373 e. The van der Waals surface area contributed by atoms with Gasteiger partial charge in [-0.05, 0) is 17.5 Å². The molecule has 0 spiro atoms. The van der Waals surface area contributed by atoms with Crippen LogP contribution in [0.2, 0.25) is 0 Å². The van der Waals surface area contributed by atoms with Gasteiger partial charge in [-0.2, -0.15) is 0 Å². The summed E-state index contributed by atoms with van der Waals surface area (Å²) < 4.78 is 5.27. The Balaban J connectivity index is 1.58. The number of rotatable bonds is 8. The summed E-state index contributed by atoms with van der Waals surface area (Å²) in [4.78, 5) is 0. The molecule has 0 aliphatic carbocycles. The van der Waals surface area contributed by atoms with Crippen molar-refractivity contribution < 1.29 is 4.74 Å². The van der Waals surface area contributed by atoms with E-state index in [1.165, 1.54) is 11.1 Å². The molecule has 2 aromatic carbocycles. The van der Waals surface area contributed by atoms with Gasteiger partial charge in [0.2, 0.25) is 0 Å². The van der Waals surface area contributed by atoms with Crippen molar-refractivity contribution in [3.8, 4) is 0 Å². The maximum absolute atomic E-state index is 5.27. The van der Waals surface area contributed by atoms with Crippen LogP contribution in [0.4, 0.5) is 0 Å². The average Bonchev–Trinajstić information content (AvgIpc) is 3.33. The SMILES string of the molecule is c1ccc(CN(Cc2ccccc2)NCC[C@H]2CO2)cc1. The van der Waals surface area contributed by atoms with E-state index in [0.717, 1.165) is 32.7 Å². The summed E-state index contributed by atoms with van der Waals surface area (Å²) in [5.41, 5.74) is 6.19. The molecule has 3 rings (SSSR count). The number of epoxide rings is 1. The molecule has 3 heteroatoms. The zero-order chi connectivity index (χ0) is 14.3. The van der Waals surface area contributed by atoms with Crippen LogP contribution in [0.5, 0.6) is 0 Å². The number of hydrogen-bond acceptors (Lipinski definition) is 3. The molecule has 3 nitrogen and oxygen atoms in total. The lowest BCUT2D eigenvalue weighted by Crippen LogP contribution is -2.38. The standard InChI is InChI=1S/C18H22N2O/c1-3-7-16(8-4-1)13-20(19-12-11-18-15-21-18)14-17-9-5-2-6-10-17/h1-10,18-19H,11-15H2/t18-/m0/s1. The van der Waals surface area contributed by atoms with E-state index in [9.17, 15) is 0 Å². The van der Waals surface area contributed by atoms with Crippen LogP contribution in [0.1, 0.15) is 17.5 Å². The smallest absolute Gasteiger partial charge is 0.0822 e. The lowest BCUT2D eigenvalue weighted by Gasteiger charge is -2.23. The van der Waals surface area contributed by atoms with Gasteiger partial charge in [-0.15, -0.1) is 0 Å². The zero-order valence-corrected chi connectivity index (χ0v) is 12.2. The van der Waals surface area contributed by atoms with Crippen molar-refractivity contribution in [2.45, 2.75) is 25.6 Å². The first-order valence-corrected chi connectivity index (χ1v) is 7.58. The molecule has 1 fully saturated rings. The Morgan fingerprint density at radius 2 is 1.43 bits per heavy atom. The first-order valence-electron chi connectivity index (χ1n) is 7.58. The predicted octanol–water partition coefficient (Wildman–Crippen LogP) is 2.98. The van der Waals surface area contributed by atoms with E-state index in [0.29, 0.717) is 6.10 Å². The summed E-state index contributed by atoms with van der Waals surface area (Å²) in [5.74, 6) is 0. The third-order valence-electron chi connectivity index (χ3n) is 3.64. The maximum Gasteiger partial charge on any atom is 0.0822 e. The minimum atomic E-state index is 0.479. The number of nitrogens with zero attached hydrogens (tertiary/aromatic N) is 1. The van der Waals surface area contributed by atoms with Crippen LogP contribution >= 0.6 is 0 Å². The van der Waals surface area contributed by atoms with Gasteiger partial charge in [0, 0.05) is 19.6 Å². The van der Waals surface area contributed by atoms with Crippen molar-refractivity contribution in [3.63, 3.8) is 0 Å². The van der Waals surface area contributed by atoms with Crippen LogP contribution in [-0.4, -0.2) is 24.3 Å². The van der Waals surface area contributed by atoms with Crippen LogP contribution in [0.15, 0.2) is 60.7 Å². The molecule has 1 N–H and O–H groups in total. The Labute approximate surface area is 126 Å². The number of nitrogens with one attached hydrogen (secondary N) is 1. The van der Waals surface area contributed by atoms with Crippen LogP contribution in [0.3, 0.4) is 0 Å². The first-order chi connectivity index (χ1) is 10.4. The Morgan fingerprint density at radius 1 is 0.905 bits per heavy atom. The van der Waals surface area contributed by atoms with Crippen molar-refractivity contribution in [1.82, 2.24) is 10.4 Å². The summed E-state index contributed by atoms with van der Waals surface area (Å²) in [6, 6.07) is 21.2.